The number of rotatable bonds is 8. The van der Waals surface area contributed by atoms with Gasteiger partial charge in [0.2, 0.25) is 0 Å². The second-order valence-electron chi connectivity index (χ2n) is 3.48. The molecule has 96 valence electrons. The number of nitrogens with zero attached hydrogens (tertiary/aromatic N) is 2. The van der Waals surface area contributed by atoms with Crippen LogP contribution < -0.4 is 5.32 Å². The van der Waals surface area contributed by atoms with Gasteiger partial charge in [-0.15, -0.1) is 0 Å². The summed E-state index contributed by atoms with van der Waals surface area (Å²) in [5.41, 5.74) is 0.145. The Balaban J connectivity index is 4.26. The van der Waals surface area contributed by atoms with Gasteiger partial charge in [0.15, 0.2) is 0 Å². The maximum absolute atomic E-state index is 11.6. The van der Waals surface area contributed by atoms with Gasteiger partial charge < -0.3 is 15.0 Å². The minimum absolute atomic E-state index is 0.145. The van der Waals surface area contributed by atoms with E-state index in [2.05, 4.69) is 5.32 Å². The highest BCUT2D eigenvalue weighted by molar-refractivity contribution is 5.97. The zero-order valence-electron chi connectivity index (χ0n) is 10.8. The first-order chi connectivity index (χ1) is 8.19. The van der Waals surface area contributed by atoms with Crippen molar-refractivity contribution in [3.8, 4) is 6.07 Å². The SMILES string of the molecule is CCN(/C=C(/C#N)C(=O)NCCCOC)CC. The van der Waals surface area contributed by atoms with Crippen LogP contribution in [0.3, 0.4) is 0 Å². The van der Waals surface area contributed by atoms with E-state index in [0.717, 1.165) is 19.5 Å². The van der Waals surface area contributed by atoms with Gasteiger partial charge in [-0.3, -0.25) is 4.79 Å². The summed E-state index contributed by atoms with van der Waals surface area (Å²) in [6.45, 7) is 6.63. The molecule has 0 aliphatic carbocycles. The van der Waals surface area contributed by atoms with Crippen molar-refractivity contribution in [2.75, 3.05) is 33.4 Å². The first-order valence-electron chi connectivity index (χ1n) is 5.82. The van der Waals surface area contributed by atoms with Crippen molar-refractivity contribution in [1.29, 1.82) is 5.26 Å². The van der Waals surface area contributed by atoms with Crippen molar-refractivity contribution >= 4 is 5.91 Å². The van der Waals surface area contributed by atoms with Crippen molar-refractivity contribution in [3.63, 3.8) is 0 Å². The molecule has 5 heteroatoms. The largest absolute Gasteiger partial charge is 0.385 e. The van der Waals surface area contributed by atoms with Crippen LogP contribution in [0.2, 0.25) is 0 Å². The smallest absolute Gasteiger partial charge is 0.263 e. The molecule has 0 saturated heterocycles. The maximum atomic E-state index is 11.6. The average Bonchev–Trinajstić information content (AvgIpc) is 2.36. The minimum atomic E-state index is -0.324. The number of carbonyl (C=O) groups is 1. The van der Waals surface area contributed by atoms with Crippen LogP contribution in [0, 0.1) is 11.3 Å². The second kappa shape index (κ2) is 9.67. The van der Waals surface area contributed by atoms with Crippen molar-refractivity contribution in [2.24, 2.45) is 0 Å². The Bertz CT molecular complexity index is 291. The second-order valence-corrected chi connectivity index (χ2v) is 3.48. The van der Waals surface area contributed by atoms with E-state index in [1.165, 1.54) is 0 Å². The monoisotopic (exact) mass is 239 g/mol. The van der Waals surface area contributed by atoms with Gasteiger partial charge in [-0.1, -0.05) is 0 Å². The van der Waals surface area contributed by atoms with Gasteiger partial charge in [-0.25, -0.2) is 0 Å². The summed E-state index contributed by atoms with van der Waals surface area (Å²) in [5, 5.41) is 11.6. The summed E-state index contributed by atoms with van der Waals surface area (Å²) in [4.78, 5) is 13.5. The lowest BCUT2D eigenvalue weighted by Crippen LogP contribution is -2.28. The molecule has 0 aliphatic heterocycles. The predicted octanol–water partition coefficient (Wildman–Crippen LogP) is 0.888. The van der Waals surface area contributed by atoms with Gasteiger partial charge >= 0.3 is 0 Å². The van der Waals surface area contributed by atoms with Gasteiger partial charge in [0, 0.05) is 39.6 Å². The lowest BCUT2D eigenvalue weighted by molar-refractivity contribution is -0.117. The number of hydrogen-bond donors (Lipinski definition) is 1. The number of nitrogens with one attached hydrogen (secondary N) is 1. The van der Waals surface area contributed by atoms with Crippen molar-refractivity contribution in [3.05, 3.63) is 11.8 Å². The fraction of sp³-hybridized carbons (Fsp3) is 0.667. The van der Waals surface area contributed by atoms with Gasteiger partial charge in [0.1, 0.15) is 11.6 Å². The van der Waals surface area contributed by atoms with Crippen LogP contribution in [0.15, 0.2) is 11.8 Å². The van der Waals surface area contributed by atoms with Crippen LogP contribution in [0.25, 0.3) is 0 Å². The van der Waals surface area contributed by atoms with Crippen LogP contribution in [-0.4, -0.2) is 44.2 Å². The van der Waals surface area contributed by atoms with Gasteiger partial charge in [-0.05, 0) is 20.3 Å². The number of amides is 1. The molecule has 5 nitrogen and oxygen atoms in total. The van der Waals surface area contributed by atoms with Crippen LogP contribution in [0.1, 0.15) is 20.3 Å². The summed E-state index contributed by atoms with van der Waals surface area (Å²) < 4.78 is 4.87. The normalized spacial score (nSPS) is 10.8. The van der Waals surface area contributed by atoms with E-state index in [0.29, 0.717) is 13.2 Å². The topological polar surface area (TPSA) is 65.4 Å². The Morgan fingerprint density at radius 2 is 2.12 bits per heavy atom. The molecule has 0 radical (unpaired) electrons. The Hall–Kier alpha value is -1.54. The predicted molar refractivity (Wildman–Crippen MR) is 66.1 cm³/mol. The molecule has 17 heavy (non-hydrogen) atoms. The van der Waals surface area contributed by atoms with Crippen LogP contribution in [-0.2, 0) is 9.53 Å². The Morgan fingerprint density at radius 3 is 2.59 bits per heavy atom. The van der Waals surface area contributed by atoms with E-state index in [9.17, 15) is 4.79 Å². The van der Waals surface area contributed by atoms with Crippen molar-refractivity contribution < 1.29 is 9.53 Å². The molecule has 0 unspecified atom stereocenters. The minimum Gasteiger partial charge on any atom is -0.385 e. The molecule has 0 saturated carbocycles. The summed E-state index contributed by atoms with van der Waals surface area (Å²) in [6.07, 6.45) is 2.35. The van der Waals surface area contributed by atoms with E-state index < -0.39 is 0 Å². The molecule has 0 bridgehead atoms. The molecular formula is C12H21N3O2. The highest BCUT2D eigenvalue weighted by atomic mass is 16.5. The number of ether oxygens (including phenoxy) is 1. The maximum Gasteiger partial charge on any atom is 0.263 e. The van der Waals surface area contributed by atoms with Crippen LogP contribution in [0.4, 0.5) is 0 Å². The Kier molecular flexibility index (Phi) is 8.79. The third-order valence-electron chi connectivity index (χ3n) is 2.30. The molecule has 0 fully saturated rings. The van der Waals surface area contributed by atoms with Crippen molar-refractivity contribution in [2.45, 2.75) is 20.3 Å². The molecule has 0 rings (SSSR count). The molecule has 1 N–H and O–H groups in total. The molecule has 0 aromatic carbocycles. The summed E-state index contributed by atoms with van der Waals surface area (Å²) in [7, 11) is 1.61. The molecule has 0 atom stereocenters. The molecule has 0 heterocycles. The molecule has 0 aliphatic rings. The molecule has 0 aromatic heterocycles. The van der Waals surface area contributed by atoms with Gasteiger partial charge in [0.05, 0.1) is 0 Å². The van der Waals surface area contributed by atoms with Crippen LogP contribution in [0.5, 0.6) is 0 Å². The van der Waals surface area contributed by atoms with Crippen LogP contribution >= 0.6 is 0 Å². The standard InChI is InChI=1S/C12H21N3O2/c1-4-15(5-2)10-11(9-13)12(16)14-7-6-8-17-3/h10H,4-8H2,1-3H3,(H,14,16)/b11-10-. The van der Waals surface area contributed by atoms with Crippen molar-refractivity contribution in [1.82, 2.24) is 10.2 Å². The fourth-order valence-electron chi connectivity index (χ4n) is 1.24. The third kappa shape index (κ3) is 6.59. The first-order valence-corrected chi connectivity index (χ1v) is 5.82. The zero-order valence-corrected chi connectivity index (χ0v) is 10.8. The quantitative estimate of drug-likeness (QED) is 0.388. The Morgan fingerprint density at radius 1 is 1.47 bits per heavy atom. The van der Waals surface area contributed by atoms with E-state index in [1.807, 2.05) is 24.8 Å². The Labute approximate surface area is 103 Å². The highest BCUT2D eigenvalue weighted by Crippen LogP contribution is 1.98. The van der Waals surface area contributed by atoms with E-state index in [-0.39, 0.29) is 11.5 Å². The van der Waals surface area contributed by atoms with Gasteiger partial charge in [-0.2, -0.15) is 5.26 Å². The lowest BCUT2D eigenvalue weighted by Gasteiger charge is -2.15. The number of hydrogen-bond acceptors (Lipinski definition) is 4. The molecular weight excluding hydrogens is 218 g/mol. The summed E-state index contributed by atoms with van der Waals surface area (Å²) >= 11 is 0. The molecule has 0 spiro atoms. The van der Waals surface area contributed by atoms with E-state index in [4.69, 9.17) is 10.00 Å². The fourth-order valence-corrected chi connectivity index (χ4v) is 1.24. The zero-order chi connectivity index (χ0) is 13.1. The summed E-state index contributed by atoms with van der Waals surface area (Å²) in [5.74, 6) is -0.324. The third-order valence-corrected chi connectivity index (χ3v) is 2.30. The van der Waals surface area contributed by atoms with E-state index in [1.54, 1.807) is 13.3 Å². The van der Waals surface area contributed by atoms with Gasteiger partial charge in [0.25, 0.3) is 5.91 Å². The molecule has 0 aromatic rings. The molecule has 1 amide bonds. The summed E-state index contributed by atoms with van der Waals surface area (Å²) in [6, 6.07) is 1.92. The number of carbonyl (C=O) groups excluding carboxylic acids is 1. The average molecular weight is 239 g/mol. The first kappa shape index (κ1) is 15.5. The number of methoxy groups -OCH3 is 1. The van der Waals surface area contributed by atoms with E-state index >= 15 is 0 Å². The highest BCUT2D eigenvalue weighted by Gasteiger charge is 2.09. The lowest BCUT2D eigenvalue weighted by atomic mass is 10.3. The number of nitriles is 1.